The largest absolute Gasteiger partial charge is 0.619 e. The zero-order chi connectivity index (χ0) is 20.5. The van der Waals surface area contributed by atoms with Crippen LogP contribution in [-0.2, 0) is 14.8 Å². The van der Waals surface area contributed by atoms with Crippen molar-refractivity contribution >= 4 is 27.8 Å². The van der Waals surface area contributed by atoms with E-state index in [-0.39, 0.29) is 11.4 Å². The second-order valence-corrected chi connectivity index (χ2v) is 10.4. The first-order valence-electron chi connectivity index (χ1n) is 8.46. The Labute approximate surface area is 167 Å². The molecule has 1 atom stereocenters. The lowest BCUT2D eigenvalue weighted by molar-refractivity contribution is -0.605. The van der Waals surface area contributed by atoms with E-state index < -0.39 is 26.8 Å². The van der Waals surface area contributed by atoms with Crippen molar-refractivity contribution in [2.45, 2.75) is 29.5 Å². The highest BCUT2D eigenvalue weighted by Crippen LogP contribution is 2.38. The standard InChI is InChI=1S/C18H20N2O6S2/c1-18(2)16(17(21)22)20(11-12-27-18)28(24,25)15-5-3-13(4-6-15)26-14-7-9-19(23)10-8-14/h3-10,16H,11-12H2,1-2H3,(H,21,22). The number of carbonyl (C=O) groups is 1. The number of aliphatic carboxylic acids is 1. The van der Waals surface area contributed by atoms with E-state index >= 15 is 0 Å². The smallest absolute Gasteiger partial charge is 0.323 e. The predicted molar refractivity (Wildman–Crippen MR) is 104 cm³/mol. The van der Waals surface area contributed by atoms with Gasteiger partial charge in [0.2, 0.25) is 10.0 Å². The van der Waals surface area contributed by atoms with Crippen LogP contribution in [0.3, 0.4) is 0 Å². The van der Waals surface area contributed by atoms with Gasteiger partial charge in [0, 0.05) is 29.2 Å². The zero-order valence-corrected chi connectivity index (χ0v) is 16.9. The van der Waals surface area contributed by atoms with Gasteiger partial charge in [-0.25, -0.2) is 8.42 Å². The number of carboxylic acid groups (broad SMARTS) is 1. The summed E-state index contributed by atoms with van der Waals surface area (Å²) in [6, 6.07) is 7.57. The maximum atomic E-state index is 13.1. The van der Waals surface area contributed by atoms with E-state index in [1.54, 1.807) is 13.8 Å². The Morgan fingerprint density at radius 1 is 1.21 bits per heavy atom. The van der Waals surface area contributed by atoms with Crippen LogP contribution < -0.4 is 9.47 Å². The first kappa shape index (κ1) is 20.4. The number of ether oxygens (including phenoxy) is 1. The summed E-state index contributed by atoms with van der Waals surface area (Å²) in [4.78, 5) is 11.8. The van der Waals surface area contributed by atoms with Crippen LogP contribution in [0.4, 0.5) is 0 Å². The number of carboxylic acids is 1. The molecule has 2 aromatic rings. The first-order valence-corrected chi connectivity index (χ1v) is 10.9. The Hall–Kier alpha value is -2.30. The Balaban J connectivity index is 1.85. The topological polar surface area (TPSA) is 111 Å². The number of pyridine rings is 1. The Morgan fingerprint density at radius 2 is 1.79 bits per heavy atom. The molecule has 150 valence electrons. The fourth-order valence-corrected chi connectivity index (χ4v) is 6.15. The number of hydrogen-bond donors (Lipinski definition) is 1. The van der Waals surface area contributed by atoms with Crippen LogP contribution in [0, 0.1) is 5.21 Å². The molecule has 0 bridgehead atoms. The summed E-state index contributed by atoms with van der Waals surface area (Å²) in [6.07, 6.45) is 2.58. The van der Waals surface area contributed by atoms with Crippen LogP contribution in [0.5, 0.6) is 11.5 Å². The van der Waals surface area contributed by atoms with Crippen molar-refractivity contribution in [1.29, 1.82) is 0 Å². The van der Waals surface area contributed by atoms with Crippen LogP contribution in [-0.4, -0.2) is 46.9 Å². The molecule has 1 N–H and O–H groups in total. The quantitative estimate of drug-likeness (QED) is 0.578. The molecule has 3 rings (SSSR count). The molecule has 28 heavy (non-hydrogen) atoms. The molecule has 1 aliphatic rings. The third-order valence-corrected chi connectivity index (χ3v) is 7.64. The second kappa shape index (κ2) is 7.61. The van der Waals surface area contributed by atoms with Crippen LogP contribution in [0.15, 0.2) is 53.7 Å². The van der Waals surface area contributed by atoms with Crippen LogP contribution >= 0.6 is 11.8 Å². The van der Waals surface area contributed by atoms with Crippen molar-refractivity contribution in [3.63, 3.8) is 0 Å². The van der Waals surface area contributed by atoms with Crippen molar-refractivity contribution in [3.05, 3.63) is 54.0 Å². The van der Waals surface area contributed by atoms with Crippen molar-refractivity contribution in [3.8, 4) is 11.5 Å². The lowest BCUT2D eigenvalue weighted by atomic mass is 10.0. The van der Waals surface area contributed by atoms with Gasteiger partial charge < -0.3 is 15.1 Å². The predicted octanol–water partition coefficient (Wildman–Crippen LogP) is 2.08. The molecule has 0 aliphatic carbocycles. The fraction of sp³-hybridized carbons (Fsp3) is 0.333. The normalized spacial score (nSPS) is 19.9. The number of thioether (sulfide) groups is 1. The van der Waals surface area contributed by atoms with Gasteiger partial charge >= 0.3 is 5.97 Å². The zero-order valence-electron chi connectivity index (χ0n) is 15.3. The lowest BCUT2D eigenvalue weighted by Crippen LogP contribution is -2.58. The van der Waals surface area contributed by atoms with Crippen molar-refractivity contribution in [2.75, 3.05) is 12.3 Å². The molecule has 1 fully saturated rings. The fourth-order valence-electron chi connectivity index (χ4n) is 3.05. The van der Waals surface area contributed by atoms with Crippen molar-refractivity contribution in [2.24, 2.45) is 0 Å². The van der Waals surface area contributed by atoms with Gasteiger partial charge in [0.05, 0.1) is 4.90 Å². The Kier molecular flexibility index (Phi) is 5.55. The highest BCUT2D eigenvalue weighted by Gasteiger charge is 2.48. The summed E-state index contributed by atoms with van der Waals surface area (Å²) < 4.78 is 32.7. The molecular weight excluding hydrogens is 404 g/mol. The molecule has 1 unspecified atom stereocenters. The van der Waals surface area contributed by atoms with Gasteiger partial charge in [0.1, 0.15) is 17.5 Å². The Bertz CT molecular complexity index is 959. The van der Waals surface area contributed by atoms with Gasteiger partial charge in [-0.15, -0.1) is 0 Å². The van der Waals surface area contributed by atoms with E-state index in [4.69, 9.17) is 4.74 Å². The van der Waals surface area contributed by atoms with Crippen molar-refractivity contribution in [1.82, 2.24) is 4.31 Å². The summed E-state index contributed by atoms with van der Waals surface area (Å²) in [5.74, 6) is 0.182. The molecule has 10 heteroatoms. The highest BCUT2D eigenvalue weighted by atomic mass is 32.2. The SMILES string of the molecule is CC1(C)SCCN(S(=O)(=O)c2ccc(Oc3cc[n+]([O-])cc3)cc2)C1C(=O)O. The maximum absolute atomic E-state index is 13.1. The van der Waals surface area contributed by atoms with Gasteiger partial charge in [-0.3, -0.25) is 4.79 Å². The molecule has 1 aliphatic heterocycles. The molecule has 0 saturated carbocycles. The number of rotatable bonds is 5. The first-order chi connectivity index (χ1) is 13.1. The summed E-state index contributed by atoms with van der Waals surface area (Å²) >= 11 is 1.45. The number of benzene rings is 1. The van der Waals surface area contributed by atoms with Crippen LogP contribution in [0.25, 0.3) is 0 Å². The lowest BCUT2D eigenvalue weighted by Gasteiger charge is -2.42. The summed E-state index contributed by atoms with van der Waals surface area (Å²) in [6.45, 7) is 3.60. The Morgan fingerprint density at radius 3 is 2.36 bits per heavy atom. The van der Waals surface area contributed by atoms with E-state index in [0.717, 1.165) is 4.31 Å². The molecule has 0 amide bonds. The highest BCUT2D eigenvalue weighted by molar-refractivity contribution is 8.00. The average Bonchev–Trinajstić information content (AvgIpc) is 2.63. The number of sulfonamides is 1. The molecule has 0 spiro atoms. The molecule has 2 heterocycles. The minimum absolute atomic E-state index is 0.000684. The second-order valence-electron chi connectivity index (χ2n) is 6.78. The maximum Gasteiger partial charge on any atom is 0.323 e. The van der Waals surface area contributed by atoms with Crippen molar-refractivity contribution < 1.29 is 27.8 Å². The molecule has 0 radical (unpaired) electrons. The van der Waals surface area contributed by atoms with Gasteiger partial charge in [0.15, 0.2) is 12.4 Å². The van der Waals surface area contributed by atoms with E-state index in [9.17, 15) is 23.5 Å². The molecule has 1 saturated heterocycles. The van der Waals surface area contributed by atoms with Gasteiger partial charge in [-0.2, -0.15) is 20.8 Å². The number of hydrogen-bond acceptors (Lipinski definition) is 6. The van der Waals surface area contributed by atoms with Crippen LogP contribution in [0.2, 0.25) is 0 Å². The summed E-state index contributed by atoms with van der Waals surface area (Å²) in [5, 5.41) is 20.7. The minimum Gasteiger partial charge on any atom is -0.619 e. The minimum atomic E-state index is -3.98. The molecule has 1 aromatic heterocycles. The van der Waals surface area contributed by atoms with E-state index in [2.05, 4.69) is 0 Å². The number of aromatic nitrogens is 1. The van der Waals surface area contributed by atoms with Crippen LogP contribution in [0.1, 0.15) is 13.8 Å². The van der Waals surface area contributed by atoms with E-state index in [1.807, 2.05) is 0 Å². The average molecular weight is 425 g/mol. The summed E-state index contributed by atoms with van der Waals surface area (Å²) in [7, 11) is -3.98. The molecular formula is C18H20N2O6S2. The third-order valence-electron chi connectivity index (χ3n) is 4.40. The van der Waals surface area contributed by atoms with Gasteiger partial charge in [-0.1, -0.05) is 0 Å². The van der Waals surface area contributed by atoms with Gasteiger partial charge in [-0.05, 0) is 38.1 Å². The molecule has 8 nitrogen and oxygen atoms in total. The molecule has 1 aromatic carbocycles. The van der Waals surface area contributed by atoms with Gasteiger partial charge in [0.25, 0.3) is 0 Å². The van der Waals surface area contributed by atoms with E-state index in [1.165, 1.54) is 60.6 Å². The monoisotopic (exact) mass is 424 g/mol. The third kappa shape index (κ3) is 4.08. The number of nitrogens with zero attached hydrogens (tertiary/aromatic N) is 2. The summed E-state index contributed by atoms with van der Waals surface area (Å²) in [5.41, 5.74) is 0. The van der Waals surface area contributed by atoms with E-state index in [0.29, 0.717) is 22.0 Å².